The quantitative estimate of drug-likeness (QED) is 0.590. The molecule has 0 radical (unpaired) electrons. The van der Waals surface area contributed by atoms with E-state index in [9.17, 15) is 5.11 Å². The Balaban J connectivity index is 1.69. The third kappa shape index (κ3) is 1.88. The number of rotatable bonds is 0. The minimum atomic E-state index is -0.102. The number of hydrogen-bond acceptors (Lipinski definition) is 1. The number of hydrogen-bond donors (Lipinski definition) is 1. The molecule has 0 aromatic rings. The predicted octanol–water partition coefficient (Wildman–Crippen LogP) is 5.43. The van der Waals surface area contributed by atoms with E-state index in [2.05, 4.69) is 26.8 Å². The Hall–Kier alpha value is -0.270. The van der Waals surface area contributed by atoms with Crippen LogP contribution in [-0.2, 0) is 0 Å². The van der Waals surface area contributed by atoms with Crippen molar-refractivity contribution in [2.24, 2.45) is 28.6 Å². The molecule has 1 nitrogen and oxygen atoms in total. The Kier molecular flexibility index (Phi) is 3.38. The highest BCUT2D eigenvalue weighted by Crippen LogP contribution is 2.66. The van der Waals surface area contributed by atoms with E-state index in [1.807, 2.05) is 0 Å². The molecule has 2 heteroatoms. The largest absolute Gasteiger partial charge is 0.393 e. The van der Waals surface area contributed by atoms with Gasteiger partial charge in [-0.2, -0.15) is 0 Å². The van der Waals surface area contributed by atoms with Crippen molar-refractivity contribution in [3.05, 3.63) is 22.3 Å². The van der Waals surface area contributed by atoms with Crippen LogP contribution in [0.3, 0.4) is 0 Å². The van der Waals surface area contributed by atoms with Gasteiger partial charge < -0.3 is 5.11 Å². The van der Waals surface area contributed by atoms with E-state index in [0.29, 0.717) is 5.41 Å². The van der Waals surface area contributed by atoms with E-state index < -0.39 is 0 Å². The van der Waals surface area contributed by atoms with Crippen LogP contribution in [0.1, 0.15) is 65.7 Å². The van der Waals surface area contributed by atoms with E-state index in [1.165, 1.54) is 42.7 Å². The van der Waals surface area contributed by atoms with Crippen molar-refractivity contribution in [3.8, 4) is 0 Å². The maximum Gasteiger partial charge on any atom is 0.0577 e. The highest BCUT2D eigenvalue weighted by molar-refractivity contribution is 6.31. The average Bonchev–Trinajstić information content (AvgIpc) is 2.72. The van der Waals surface area contributed by atoms with Crippen LogP contribution in [0.25, 0.3) is 0 Å². The van der Waals surface area contributed by atoms with Crippen LogP contribution in [0, 0.1) is 28.6 Å². The Labute approximate surface area is 139 Å². The lowest BCUT2D eigenvalue weighted by Gasteiger charge is -2.57. The van der Waals surface area contributed by atoms with Crippen LogP contribution < -0.4 is 0 Å². The van der Waals surface area contributed by atoms with Crippen LogP contribution in [0.5, 0.6) is 0 Å². The third-order valence-corrected chi connectivity index (χ3v) is 8.62. The average molecular weight is 321 g/mol. The number of halogens is 1. The summed E-state index contributed by atoms with van der Waals surface area (Å²) in [5.41, 5.74) is 3.58. The molecule has 122 valence electrons. The van der Waals surface area contributed by atoms with Crippen LogP contribution in [0.15, 0.2) is 22.3 Å². The molecule has 0 aromatic carbocycles. The predicted molar refractivity (Wildman–Crippen MR) is 91.6 cm³/mol. The van der Waals surface area contributed by atoms with Gasteiger partial charge in [-0.1, -0.05) is 42.7 Å². The van der Waals surface area contributed by atoms with Crippen LogP contribution in [0.4, 0.5) is 0 Å². The molecule has 1 N–H and O–H groups in total. The molecule has 0 aliphatic heterocycles. The summed E-state index contributed by atoms with van der Waals surface area (Å²) in [6, 6.07) is 0. The molecule has 2 saturated carbocycles. The Morgan fingerprint density at radius 2 is 1.82 bits per heavy atom. The topological polar surface area (TPSA) is 20.2 Å². The fourth-order valence-corrected chi connectivity index (χ4v) is 6.83. The summed E-state index contributed by atoms with van der Waals surface area (Å²) in [7, 11) is 0. The zero-order valence-corrected chi connectivity index (χ0v) is 14.9. The summed E-state index contributed by atoms with van der Waals surface area (Å²) in [5.74, 6) is 2.32. The summed E-state index contributed by atoms with van der Waals surface area (Å²) in [5, 5.41) is 11.2. The molecule has 2 fully saturated rings. The van der Waals surface area contributed by atoms with Gasteiger partial charge in [-0.05, 0) is 75.0 Å². The first-order valence-corrected chi connectivity index (χ1v) is 9.47. The fraction of sp³-hybridized carbons (Fsp3) is 0.800. The first kappa shape index (κ1) is 15.3. The minimum Gasteiger partial charge on any atom is -0.393 e. The third-order valence-electron chi connectivity index (χ3n) is 7.87. The summed E-state index contributed by atoms with van der Waals surface area (Å²) >= 11 is 6.73. The summed E-state index contributed by atoms with van der Waals surface area (Å²) in [4.78, 5) is 0. The second-order valence-corrected chi connectivity index (χ2v) is 9.29. The van der Waals surface area contributed by atoms with Crippen LogP contribution >= 0.6 is 11.6 Å². The van der Waals surface area contributed by atoms with E-state index in [-0.39, 0.29) is 11.5 Å². The van der Waals surface area contributed by atoms with E-state index in [1.54, 1.807) is 5.57 Å². The molecule has 4 aliphatic carbocycles. The molecule has 4 rings (SSSR count). The van der Waals surface area contributed by atoms with Gasteiger partial charge in [0, 0.05) is 10.4 Å². The minimum absolute atomic E-state index is 0.102. The van der Waals surface area contributed by atoms with Gasteiger partial charge in [0.05, 0.1) is 6.10 Å². The molecule has 4 aliphatic rings. The molecule has 22 heavy (non-hydrogen) atoms. The second kappa shape index (κ2) is 4.86. The van der Waals surface area contributed by atoms with E-state index >= 15 is 0 Å². The Morgan fingerprint density at radius 1 is 1.09 bits per heavy atom. The van der Waals surface area contributed by atoms with Crippen molar-refractivity contribution in [2.75, 3.05) is 0 Å². The van der Waals surface area contributed by atoms with Crippen molar-refractivity contribution >= 4 is 11.6 Å². The lowest BCUT2D eigenvalue weighted by Crippen LogP contribution is -2.49. The smallest absolute Gasteiger partial charge is 0.0577 e. The van der Waals surface area contributed by atoms with Gasteiger partial charge in [0.2, 0.25) is 0 Å². The number of allylic oxidation sites excluding steroid dienone is 3. The standard InChI is InChI=1S/C20H29ClO/c1-12-10-17-15-5-4-13-11-14(22)6-8-19(13,2)16(15)7-9-20(17,3)18(12)21/h4,14-17,22H,5-11H2,1-3H3/t14?,15?,16?,17?,19-,20-/m0/s1. The van der Waals surface area contributed by atoms with Crippen molar-refractivity contribution < 1.29 is 5.11 Å². The van der Waals surface area contributed by atoms with Gasteiger partial charge in [-0.15, -0.1) is 0 Å². The van der Waals surface area contributed by atoms with Gasteiger partial charge >= 0.3 is 0 Å². The van der Waals surface area contributed by atoms with Crippen molar-refractivity contribution in [1.82, 2.24) is 0 Å². The Bertz CT molecular complexity index is 562. The van der Waals surface area contributed by atoms with E-state index in [4.69, 9.17) is 11.6 Å². The summed E-state index contributed by atoms with van der Waals surface area (Å²) < 4.78 is 0. The second-order valence-electron chi connectivity index (χ2n) is 8.91. The zero-order chi connectivity index (χ0) is 15.7. The number of aliphatic hydroxyl groups excluding tert-OH is 1. The van der Waals surface area contributed by atoms with Crippen molar-refractivity contribution in [2.45, 2.75) is 71.8 Å². The molecular weight excluding hydrogens is 292 g/mol. The molecule has 0 aromatic heterocycles. The monoisotopic (exact) mass is 320 g/mol. The molecule has 0 spiro atoms. The van der Waals surface area contributed by atoms with Gasteiger partial charge in [0.15, 0.2) is 0 Å². The van der Waals surface area contributed by atoms with Crippen LogP contribution in [-0.4, -0.2) is 11.2 Å². The number of fused-ring (bicyclic) bond motifs is 5. The molecule has 0 amide bonds. The lowest BCUT2D eigenvalue weighted by atomic mass is 9.48. The Morgan fingerprint density at radius 3 is 2.59 bits per heavy atom. The highest BCUT2D eigenvalue weighted by Gasteiger charge is 2.57. The number of aliphatic hydroxyl groups is 1. The maximum absolute atomic E-state index is 10.1. The fourth-order valence-electron chi connectivity index (χ4n) is 6.52. The van der Waals surface area contributed by atoms with Gasteiger partial charge in [0.25, 0.3) is 0 Å². The molecule has 6 atom stereocenters. The van der Waals surface area contributed by atoms with Crippen molar-refractivity contribution in [1.29, 1.82) is 0 Å². The molecule has 0 bridgehead atoms. The van der Waals surface area contributed by atoms with Gasteiger partial charge in [0.1, 0.15) is 0 Å². The van der Waals surface area contributed by atoms with E-state index in [0.717, 1.165) is 30.6 Å². The first-order chi connectivity index (χ1) is 10.4. The lowest BCUT2D eigenvalue weighted by molar-refractivity contribution is -0.0277. The van der Waals surface area contributed by atoms with Crippen LogP contribution in [0.2, 0.25) is 0 Å². The summed E-state index contributed by atoms with van der Waals surface area (Å²) in [6.07, 6.45) is 10.4. The zero-order valence-electron chi connectivity index (χ0n) is 14.2. The summed E-state index contributed by atoms with van der Waals surface area (Å²) in [6.45, 7) is 7.14. The molecule has 0 saturated heterocycles. The van der Waals surface area contributed by atoms with Gasteiger partial charge in [-0.25, -0.2) is 0 Å². The molecular formula is C20H29ClO. The van der Waals surface area contributed by atoms with Crippen molar-refractivity contribution in [3.63, 3.8) is 0 Å². The molecule has 0 heterocycles. The molecule has 4 unspecified atom stereocenters. The normalized spacial score (nSPS) is 51.0. The SMILES string of the molecule is CC1=C(Cl)[C@@]2(C)CCC3C(CC=C4CC(O)CC[C@@]43C)C2C1. The maximum atomic E-state index is 10.1. The highest BCUT2D eigenvalue weighted by atomic mass is 35.5. The van der Waals surface area contributed by atoms with Gasteiger partial charge in [-0.3, -0.25) is 0 Å². The first-order valence-electron chi connectivity index (χ1n) is 9.09.